The summed E-state index contributed by atoms with van der Waals surface area (Å²) in [7, 11) is 0. The van der Waals surface area contributed by atoms with Crippen molar-refractivity contribution in [2.24, 2.45) is 11.8 Å². The second kappa shape index (κ2) is 5.31. The normalized spacial score (nSPS) is 36.4. The van der Waals surface area contributed by atoms with Gasteiger partial charge in [-0.3, -0.25) is 0 Å². The highest BCUT2D eigenvalue weighted by atomic mass is 16.5. The van der Waals surface area contributed by atoms with Crippen LogP contribution in [-0.4, -0.2) is 23.9 Å². The standard InChI is InChI=1S/C13H24O2/c1-10-8-12(9-15-10)13(14)11-6-4-2-3-5-7-11/h10-14H,2-9H2,1H3. The van der Waals surface area contributed by atoms with Crippen molar-refractivity contribution in [3.63, 3.8) is 0 Å². The van der Waals surface area contributed by atoms with Crippen LogP contribution < -0.4 is 0 Å². The third-order valence-electron chi connectivity index (χ3n) is 4.10. The van der Waals surface area contributed by atoms with Crippen LogP contribution in [-0.2, 0) is 4.74 Å². The van der Waals surface area contributed by atoms with Crippen molar-refractivity contribution in [3.05, 3.63) is 0 Å². The molecular formula is C13H24O2. The Kier molecular flexibility index (Phi) is 4.04. The average Bonchev–Trinajstić information content (AvgIpc) is 2.53. The first kappa shape index (κ1) is 11.4. The Labute approximate surface area is 93.0 Å². The SMILES string of the molecule is CC1CC(C(O)C2CCCCCC2)CO1. The highest BCUT2D eigenvalue weighted by molar-refractivity contribution is 4.82. The van der Waals surface area contributed by atoms with Gasteiger partial charge in [0.2, 0.25) is 0 Å². The third kappa shape index (κ3) is 2.94. The zero-order valence-corrected chi connectivity index (χ0v) is 9.82. The van der Waals surface area contributed by atoms with Gasteiger partial charge in [-0.15, -0.1) is 0 Å². The molecule has 0 radical (unpaired) electrons. The number of aliphatic hydroxyl groups excluding tert-OH is 1. The number of aliphatic hydroxyl groups is 1. The van der Waals surface area contributed by atoms with Crippen LogP contribution in [0.4, 0.5) is 0 Å². The fourth-order valence-electron chi connectivity index (χ4n) is 3.13. The Balaban J connectivity index is 1.85. The second-order valence-corrected chi connectivity index (χ2v) is 5.38. The number of hydrogen-bond acceptors (Lipinski definition) is 2. The van der Waals surface area contributed by atoms with Crippen LogP contribution >= 0.6 is 0 Å². The average molecular weight is 212 g/mol. The van der Waals surface area contributed by atoms with Crippen molar-refractivity contribution < 1.29 is 9.84 Å². The maximum atomic E-state index is 10.3. The van der Waals surface area contributed by atoms with Crippen LogP contribution in [0.2, 0.25) is 0 Å². The molecule has 0 bridgehead atoms. The highest BCUT2D eigenvalue weighted by Gasteiger charge is 2.33. The van der Waals surface area contributed by atoms with Gasteiger partial charge >= 0.3 is 0 Å². The van der Waals surface area contributed by atoms with E-state index in [9.17, 15) is 5.11 Å². The van der Waals surface area contributed by atoms with Crippen molar-refractivity contribution in [3.8, 4) is 0 Å². The van der Waals surface area contributed by atoms with Gasteiger partial charge in [0.15, 0.2) is 0 Å². The summed E-state index contributed by atoms with van der Waals surface area (Å²) in [5.74, 6) is 0.953. The topological polar surface area (TPSA) is 29.5 Å². The van der Waals surface area contributed by atoms with Gasteiger partial charge in [-0.1, -0.05) is 25.7 Å². The van der Waals surface area contributed by atoms with Crippen LogP contribution in [0.15, 0.2) is 0 Å². The number of ether oxygens (including phenoxy) is 1. The fraction of sp³-hybridized carbons (Fsp3) is 1.00. The summed E-state index contributed by atoms with van der Waals surface area (Å²) in [6.45, 7) is 2.89. The Hall–Kier alpha value is -0.0800. The molecule has 0 aromatic heterocycles. The third-order valence-corrected chi connectivity index (χ3v) is 4.10. The summed E-state index contributed by atoms with van der Waals surface area (Å²) >= 11 is 0. The van der Waals surface area contributed by atoms with Crippen LogP contribution in [0.25, 0.3) is 0 Å². The molecule has 0 spiro atoms. The molecule has 1 aliphatic carbocycles. The molecule has 2 aliphatic rings. The monoisotopic (exact) mass is 212 g/mol. The van der Waals surface area contributed by atoms with Gasteiger partial charge in [0.05, 0.1) is 18.8 Å². The summed E-state index contributed by atoms with van der Waals surface area (Å²) in [6, 6.07) is 0. The Morgan fingerprint density at radius 3 is 2.27 bits per heavy atom. The van der Waals surface area contributed by atoms with E-state index in [1.54, 1.807) is 0 Å². The maximum Gasteiger partial charge on any atom is 0.0619 e. The molecule has 1 heterocycles. The quantitative estimate of drug-likeness (QED) is 0.713. The first-order valence-corrected chi connectivity index (χ1v) is 6.57. The molecular weight excluding hydrogens is 188 g/mol. The van der Waals surface area contributed by atoms with E-state index in [0.29, 0.717) is 17.9 Å². The van der Waals surface area contributed by atoms with E-state index in [1.165, 1.54) is 38.5 Å². The Morgan fingerprint density at radius 2 is 1.73 bits per heavy atom. The summed E-state index contributed by atoms with van der Waals surface area (Å²) < 4.78 is 5.55. The molecule has 3 atom stereocenters. The molecule has 1 saturated carbocycles. The van der Waals surface area contributed by atoms with E-state index in [0.717, 1.165) is 13.0 Å². The van der Waals surface area contributed by atoms with Gasteiger partial charge in [-0.05, 0) is 32.1 Å². The second-order valence-electron chi connectivity index (χ2n) is 5.38. The zero-order chi connectivity index (χ0) is 10.7. The molecule has 3 unspecified atom stereocenters. The van der Waals surface area contributed by atoms with Crippen molar-refractivity contribution in [2.45, 2.75) is 64.1 Å². The minimum absolute atomic E-state index is 0.104. The Morgan fingerprint density at radius 1 is 1.07 bits per heavy atom. The Bertz CT molecular complexity index is 185. The van der Waals surface area contributed by atoms with Gasteiger partial charge < -0.3 is 9.84 Å². The summed E-state index contributed by atoms with van der Waals surface area (Å²) in [5, 5.41) is 10.3. The molecule has 2 heteroatoms. The van der Waals surface area contributed by atoms with E-state index < -0.39 is 0 Å². The zero-order valence-electron chi connectivity index (χ0n) is 9.82. The lowest BCUT2D eigenvalue weighted by Crippen LogP contribution is -2.29. The van der Waals surface area contributed by atoms with E-state index in [2.05, 4.69) is 6.92 Å². The smallest absolute Gasteiger partial charge is 0.0619 e. The summed E-state index contributed by atoms with van der Waals surface area (Å²) in [4.78, 5) is 0. The minimum Gasteiger partial charge on any atom is -0.392 e. The first-order chi connectivity index (χ1) is 7.27. The van der Waals surface area contributed by atoms with Gasteiger partial charge in [-0.25, -0.2) is 0 Å². The highest BCUT2D eigenvalue weighted by Crippen LogP contribution is 2.32. The molecule has 1 N–H and O–H groups in total. The van der Waals surface area contributed by atoms with Crippen molar-refractivity contribution in [1.82, 2.24) is 0 Å². The summed E-state index contributed by atoms with van der Waals surface area (Å²) in [6.07, 6.45) is 9.11. The van der Waals surface area contributed by atoms with Gasteiger partial charge in [0, 0.05) is 5.92 Å². The molecule has 15 heavy (non-hydrogen) atoms. The predicted octanol–water partition coefficient (Wildman–Crippen LogP) is 2.74. The largest absolute Gasteiger partial charge is 0.392 e. The molecule has 0 aromatic rings. The molecule has 0 aromatic carbocycles. The molecule has 2 fully saturated rings. The van der Waals surface area contributed by atoms with Gasteiger partial charge in [-0.2, -0.15) is 0 Å². The molecule has 0 amide bonds. The predicted molar refractivity (Wildman–Crippen MR) is 60.7 cm³/mol. The number of rotatable bonds is 2. The minimum atomic E-state index is -0.104. The van der Waals surface area contributed by atoms with Crippen molar-refractivity contribution >= 4 is 0 Å². The molecule has 88 valence electrons. The summed E-state index contributed by atoms with van der Waals surface area (Å²) in [5.41, 5.74) is 0. The number of hydrogen-bond donors (Lipinski definition) is 1. The molecule has 1 saturated heterocycles. The van der Waals surface area contributed by atoms with Crippen LogP contribution in [0.1, 0.15) is 51.9 Å². The van der Waals surface area contributed by atoms with Crippen LogP contribution in [0.3, 0.4) is 0 Å². The first-order valence-electron chi connectivity index (χ1n) is 6.57. The maximum absolute atomic E-state index is 10.3. The van der Waals surface area contributed by atoms with Crippen LogP contribution in [0, 0.1) is 11.8 Å². The molecule has 2 rings (SSSR count). The van der Waals surface area contributed by atoms with E-state index in [4.69, 9.17) is 4.74 Å². The van der Waals surface area contributed by atoms with Crippen LogP contribution in [0.5, 0.6) is 0 Å². The van der Waals surface area contributed by atoms with E-state index >= 15 is 0 Å². The van der Waals surface area contributed by atoms with Gasteiger partial charge in [0.25, 0.3) is 0 Å². The lowest BCUT2D eigenvalue weighted by Gasteiger charge is -2.25. The lowest BCUT2D eigenvalue weighted by molar-refractivity contribution is 0.0345. The van der Waals surface area contributed by atoms with Crippen molar-refractivity contribution in [2.75, 3.05) is 6.61 Å². The van der Waals surface area contributed by atoms with E-state index in [-0.39, 0.29) is 6.10 Å². The fourth-order valence-corrected chi connectivity index (χ4v) is 3.13. The van der Waals surface area contributed by atoms with Gasteiger partial charge in [0.1, 0.15) is 0 Å². The van der Waals surface area contributed by atoms with Crippen molar-refractivity contribution in [1.29, 1.82) is 0 Å². The lowest BCUT2D eigenvalue weighted by atomic mass is 9.85. The molecule has 2 nitrogen and oxygen atoms in total. The van der Waals surface area contributed by atoms with E-state index in [1.807, 2.05) is 0 Å². The molecule has 1 aliphatic heterocycles.